The molecule has 3 fully saturated rings. The zero-order valence-electron chi connectivity index (χ0n) is 29.8. The quantitative estimate of drug-likeness (QED) is 0.106. The van der Waals surface area contributed by atoms with Gasteiger partial charge in [-0.25, -0.2) is 9.59 Å². The van der Waals surface area contributed by atoms with Crippen molar-refractivity contribution in [3.8, 4) is 5.75 Å². The second kappa shape index (κ2) is 19.4. The highest BCUT2D eigenvalue weighted by molar-refractivity contribution is 6.03. The maximum atomic E-state index is 11.5. The lowest BCUT2D eigenvalue weighted by Crippen LogP contribution is -2.54. The third kappa shape index (κ3) is 10.5. The normalized spacial score (nSPS) is 19.2. The molecule has 1 N–H and O–H groups in total. The summed E-state index contributed by atoms with van der Waals surface area (Å²) in [4.78, 5) is 40.3. The Labute approximate surface area is 300 Å². The fraction of sp³-hybridized carbons (Fsp3) is 0.366. The van der Waals surface area contributed by atoms with Gasteiger partial charge in [-0.15, -0.1) is 6.58 Å². The molecule has 51 heavy (non-hydrogen) atoms. The number of aliphatic hydroxyl groups is 1. The Morgan fingerprint density at radius 2 is 1.59 bits per heavy atom. The number of carbonyl (C=O) groups excluding carboxylic acids is 3. The number of rotatable bonds is 10. The van der Waals surface area contributed by atoms with Gasteiger partial charge in [-0.2, -0.15) is 0 Å². The number of methoxy groups -OCH3 is 1. The van der Waals surface area contributed by atoms with Gasteiger partial charge in [0, 0.05) is 31.1 Å². The van der Waals surface area contributed by atoms with Gasteiger partial charge < -0.3 is 24.1 Å². The molecule has 0 saturated carbocycles. The standard InChI is InChI=1S/C20H24N2O2.C12H14O4.C9H10O2/c1-3-13-12-22-9-7-14(13)10-19(22)20(23)16-6-8-21-18-5-4-15(24-2)11-17(16)18;1-3-15-11(13)9-7-5-6-8-10(9)12(14)16-4-2;1-8(10)11-7-9-5-3-2-4-6-9/h3-6,8,11,13-14,19-20,23H,1,7,9-10,12H2,2H3;5-8H,3-4H2,1-2H3;2-6H,7H2,1H3/t13-,14-,19-,20+;;/m0../s1. The van der Waals surface area contributed by atoms with E-state index in [0.717, 1.165) is 47.3 Å². The van der Waals surface area contributed by atoms with Gasteiger partial charge in [-0.05, 0) is 92.6 Å². The summed E-state index contributed by atoms with van der Waals surface area (Å²) in [5.74, 6) is 0.749. The first kappa shape index (κ1) is 38.7. The van der Waals surface area contributed by atoms with Crippen molar-refractivity contribution < 1.29 is 38.4 Å². The third-order valence-corrected chi connectivity index (χ3v) is 9.02. The van der Waals surface area contributed by atoms with Crippen molar-refractivity contribution in [2.24, 2.45) is 11.8 Å². The number of hydrogen-bond donors (Lipinski definition) is 1. The van der Waals surface area contributed by atoms with E-state index in [1.54, 1.807) is 51.4 Å². The average Bonchev–Trinajstić information content (AvgIpc) is 3.17. The van der Waals surface area contributed by atoms with E-state index in [1.165, 1.54) is 13.3 Å². The Balaban J connectivity index is 0.000000187. The van der Waals surface area contributed by atoms with Crippen LogP contribution in [-0.2, 0) is 25.6 Å². The van der Waals surface area contributed by atoms with Gasteiger partial charge in [-0.1, -0.05) is 48.5 Å². The van der Waals surface area contributed by atoms with E-state index < -0.39 is 18.0 Å². The van der Waals surface area contributed by atoms with Gasteiger partial charge in [0.15, 0.2) is 0 Å². The molecule has 10 heteroatoms. The summed E-state index contributed by atoms with van der Waals surface area (Å²) in [5, 5.41) is 12.1. The van der Waals surface area contributed by atoms with Crippen molar-refractivity contribution in [1.29, 1.82) is 0 Å². The van der Waals surface area contributed by atoms with Crippen LogP contribution in [-0.4, -0.2) is 72.4 Å². The summed E-state index contributed by atoms with van der Waals surface area (Å²) in [7, 11) is 1.66. The molecule has 10 nitrogen and oxygen atoms in total. The van der Waals surface area contributed by atoms with Gasteiger partial charge in [0.05, 0.1) is 43.1 Å². The first-order chi connectivity index (χ1) is 24.7. The second-order valence-corrected chi connectivity index (χ2v) is 12.2. The summed E-state index contributed by atoms with van der Waals surface area (Å²) in [5.41, 5.74) is 3.34. The molecule has 3 aromatic carbocycles. The molecule has 0 amide bonds. The second-order valence-electron chi connectivity index (χ2n) is 12.2. The van der Waals surface area contributed by atoms with Crippen molar-refractivity contribution in [2.75, 3.05) is 33.4 Å². The minimum absolute atomic E-state index is 0.178. The van der Waals surface area contributed by atoms with E-state index in [2.05, 4.69) is 22.5 Å². The van der Waals surface area contributed by atoms with E-state index in [-0.39, 0.29) is 36.4 Å². The van der Waals surface area contributed by atoms with Crippen molar-refractivity contribution in [3.05, 3.63) is 120 Å². The zero-order valence-corrected chi connectivity index (χ0v) is 29.8. The van der Waals surface area contributed by atoms with Gasteiger partial charge in [0.1, 0.15) is 12.4 Å². The van der Waals surface area contributed by atoms with Crippen LogP contribution in [0.2, 0.25) is 0 Å². The molecule has 3 aliphatic rings. The molecular weight excluding hydrogens is 648 g/mol. The number of esters is 3. The highest BCUT2D eigenvalue weighted by Gasteiger charge is 2.42. The Morgan fingerprint density at radius 1 is 0.941 bits per heavy atom. The largest absolute Gasteiger partial charge is 0.497 e. The summed E-state index contributed by atoms with van der Waals surface area (Å²) < 4.78 is 19.8. The Hall–Kier alpha value is -5.06. The third-order valence-electron chi connectivity index (χ3n) is 9.02. The lowest BCUT2D eigenvalue weighted by molar-refractivity contribution is -0.142. The van der Waals surface area contributed by atoms with Crippen LogP contribution in [0.1, 0.15) is 71.6 Å². The van der Waals surface area contributed by atoms with E-state index in [0.29, 0.717) is 18.4 Å². The Bertz CT molecular complexity index is 1720. The number of hydrogen-bond acceptors (Lipinski definition) is 10. The van der Waals surface area contributed by atoms with Crippen molar-refractivity contribution in [1.82, 2.24) is 9.88 Å². The minimum atomic E-state index is -0.508. The van der Waals surface area contributed by atoms with Crippen LogP contribution < -0.4 is 4.74 Å². The van der Waals surface area contributed by atoms with Crippen molar-refractivity contribution in [2.45, 2.75) is 52.4 Å². The SMILES string of the molecule is C=C[C@H]1CN2CC[C@H]1C[C@H]2[C@H](O)c1ccnc2ccc(OC)cc12.CC(=O)OCc1ccccc1.CCOC(=O)c1ccccc1C(=O)OCC. The van der Waals surface area contributed by atoms with Gasteiger partial charge in [0.25, 0.3) is 0 Å². The number of aromatic nitrogens is 1. The molecule has 2 bridgehead atoms. The van der Waals surface area contributed by atoms with E-state index in [9.17, 15) is 19.5 Å². The van der Waals surface area contributed by atoms with Crippen LogP contribution >= 0.6 is 0 Å². The monoisotopic (exact) mass is 696 g/mol. The Morgan fingerprint density at radius 3 is 2.14 bits per heavy atom. The Kier molecular flexibility index (Phi) is 14.7. The van der Waals surface area contributed by atoms with Crippen LogP contribution in [0, 0.1) is 11.8 Å². The summed E-state index contributed by atoms with van der Waals surface area (Å²) in [6, 6.07) is 24.0. The fourth-order valence-corrected chi connectivity index (χ4v) is 6.46. The molecule has 5 atom stereocenters. The molecule has 4 heterocycles. The van der Waals surface area contributed by atoms with Crippen LogP contribution in [0.25, 0.3) is 10.9 Å². The molecule has 270 valence electrons. The smallest absolute Gasteiger partial charge is 0.338 e. The number of nitrogens with zero attached hydrogens (tertiary/aromatic N) is 2. The first-order valence-electron chi connectivity index (χ1n) is 17.3. The van der Waals surface area contributed by atoms with Crippen LogP contribution in [0.4, 0.5) is 0 Å². The fourth-order valence-electron chi connectivity index (χ4n) is 6.46. The van der Waals surface area contributed by atoms with Gasteiger partial charge in [0.2, 0.25) is 0 Å². The van der Waals surface area contributed by atoms with Crippen LogP contribution in [0.3, 0.4) is 0 Å². The molecule has 1 unspecified atom stereocenters. The highest BCUT2D eigenvalue weighted by Crippen LogP contribution is 2.42. The molecule has 3 saturated heterocycles. The molecule has 0 radical (unpaired) electrons. The van der Waals surface area contributed by atoms with E-state index >= 15 is 0 Å². The molecule has 0 spiro atoms. The average molecular weight is 697 g/mol. The van der Waals surface area contributed by atoms with Gasteiger partial charge >= 0.3 is 17.9 Å². The molecule has 3 aliphatic heterocycles. The molecular formula is C41H48N2O8. The lowest BCUT2D eigenvalue weighted by Gasteiger charge is -2.50. The van der Waals surface area contributed by atoms with Gasteiger partial charge in [-0.3, -0.25) is 14.7 Å². The number of carbonyl (C=O) groups is 3. The zero-order chi connectivity index (χ0) is 36.8. The van der Waals surface area contributed by atoms with Crippen LogP contribution in [0.15, 0.2) is 97.7 Å². The maximum Gasteiger partial charge on any atom is 0.338 e. The molecule has 1 aromatic heterocycles. The number of fused-ring (bicyclic) bond motifs is 4. The van der Waals surface area contributed by atoms with E-state index in [4.69, 9.17) is 18.9 Å². The molecule has 4 aromatic rings. The summed E-state index contributed by atoms with van der Waals surface area (Å²) >= 11 is 0. The summed E-state index contributed by atoms with van der Waals surface area (Å²) in [6.45, 7) is 11.8. The van der Waals surface area contributed by atoms with E-state index in [1.807, 2.05) is 54.6 Å². The molecule has 7 rings (SSSR count). The minimum Gasteiger partial charge on any atom is -0.497 e. The lowest BCUT2D eigenvalue weighted by atomic mass is 9.73. The number of pyridine rings is 1. The first-order valence-corrected chi connectivity index (χ1v) is 17.3. The predicted octanol–water partition coefficient (Wildman–Crippen LogP) is 6.96. The molecule has 0 aliphatic carbocycles. The predicted molar refractivity (Wildman–Crippen MR) is 195 cm³/mol. The van der Waals surface area contributed by atoms with Crippen molar-refractivity contribution in [3.63, 3.8) is 0 Å². The topological polar surface area (TPSA) is 124 Å². The number of benzene rings is 3. The number of piperidine rings is 3. The van der Waals surface area contributed by atoms with Crippen molar-refractivity contribution >= 4 is 28.8 Å². The highest BCUT2D eigenvalue weighted by atomic mass is 16.5. The van der Waals surface area contributed by atoms with Crippen LogP contribution in [0.5, 0.6) is 5.75 Å². The number of ether oxygens (including phenoxy) is 4. The summed E-state index contributed by atoms with van der Waals surface area (Å²) in [6.07, 6.45) is 5.62. The maximum absolute atomic E-state index is 11.5. The number of aliphatic hydroxyl groups excluding tert-OH is 1.